The van der Waals surface area contributed by atoms with Crippen LogP contribution in [0.25, 0.3) is 0 Å². The van der Waals surface area contributed by atoms with E-state index in [0.717, 1.165) is 17.8 Å². The van der Waals surface area contributed by atoms with Gasteiger partial charge in [-0.05, 0) is 44.0 Å². The summed E-state index contributed by atoms with van der Waals surface area (Å²) < 4.78 is 0. The summed E-state index contributed by atoms with van der Waals surface area (Å²) in [5.41, 5.74) is 3.85. The zero-order valence-corrected chi connectivity index (χ0v) is 11.1. The van der Waals surface area contributed by atoms with Gasteiger partial charge in [-0.15, -0.1) is 0 Å². The second-order valence-corrected chi connectivity index (χ2v) is 5.04. The predicted molar refractivity (Wildman–Crippen MR) is 75.4 cm³/mol. The minimum Gasteiger partial charge on any atom is -0.305 e. The summed E-state index contributed by atoms with van der Waals surface area (Å²) in [5, 5.41) is 0. The van der Waals surface area contributed by atoms with Crippen molar-refractivity contribution in [3.05, 3.63) is 59.4 Å². The van der Waals surface area contributed by atoms with Gasteiger partial charge in [0.1, 0.15) is 0 Å². The van der Waals surface area contributed by atoms with Crippen molar-refractivity contribution in [3.63, 3.8) is 0 Å². The van der Waals surface area contributed by atoms with Gasteiger partial charge in [-0.25, -0.2) is 0 Å². The fourth-order valence-corrected chi connectivity index (χ4v) is 2.69. The first-order valence-corrected chi connectivity index (χ1v) is 6.51. The Morgan fingerprint density at radius 3 is 2.89 bits per heavy atom. The van der Waals surface area contributed by atoms with Crippen LogP contribution in [0.3, 0.4) is 0 Å². The number of carbonyl (C=O) groups is 1. The lowest BCUT2D eigenvalue weighted by Gasteiger charge is -2.22. The largest absolute Gasteiger partial charge is 0.305 e. The molecular formula is C16H16N2O. The van der Waals surface area contributed by atoms with Gasteiger partial charge in [0.05, 0.1) is 0 Å². The maximum absolute atomic E-state index is 12.7. The molecule has 96 valence electrons. The lowest BCUT2D eigenvalue weighted by Crippen LogP contribution is -2.35. The molecule has 1 aliphatic rings. The average Bonchev–Trinajstić information content (AvgIpc) is 2.74. The molecule has 0 bridgehead atoms. The number of rotatable bonds is 1. The molecule has 1 unspecified atom stereocenters. The topological polar surface area (TPSA) is 33.2 Å². The Kier molecular flexibility index (Phi) is 2.82. The van der Waals surface area contributed by atoms with E-state index in [-0.39, 0.29) is 11.9 Å². The lowest BCUT2D eigenvalue weighted by molar-refractivity contribution is 0.0981. The molecule has 1 aromatic heterocycles. The highest BCUT2D eigenvalue weighted by Crippen LogP contribution is 2.32. The Morgan fingerprint density at radius 2 is 2.11 bits per heavy atom. The summed E-state index contributed by atoms with van der Waals surface area (Å²) in [4.78, 5) is 18.7. The summed E-state index contributed by atoms with van der Waals surface area (Å²) in [7, 11) is 0. The number of benzene rings is 1. The molecule has 0 spiro atoms. The fraction of sp³-hybridized carbons (Fsp3) is 0.250. The van der Waals surface area contributed by atoms with E-state index in [1.54, 1.807) is 12.3 Å². The molecule has 3 nitrogen and oxygen atoms in total. The number of fused-ring (bicyclic) bond motifs is 1. The van der Waals surface area contributed by atoms with E-state index in [2.05, 4.69) is 18.0 Å². The van der Waals surface area contributed by atoms with Crippen LogP contribution in [-0.4, -0.2) is 16.9 Å². The molecule has 0 saturated carbocycles. The number of para-hydroxylation sites is 1. The maximum atomic E-state index is 12.7. The molecule has 3 heteroatoms. The highest BCUT2D eigenvalue weighted by Gasteiger charge is 2.31. The minimum atomic E-state index is 0.0583. The van der Waals surface area contributed by atoms with Crippen molar-refractivity contribution in [2.75, 3.05) is 4.90 Å². The Hall–Kier alpha value is -2.16. The molecule has 0 saturated heterocycles. The molecule has 1 aromatic carbocycles. The monoisotopic (exact) mass is 252 g/mol. The number of aromatic nitrogens is 1. The van der Waals surface area contributed by atoms with Crippen molar-refractivity contribution in [1.29, 1.82) is 0 Å². The first-order chi connectivity index (χ1) is 9.16. The number of pyridine rings is 1. The fourth-order valence-electron chi connectivity index (χ4n) is 2.69. The summed E-state index contributed by atoms with van der Waals surface area (Å²) in [6, 6.07) is 11.9. The Morgan fingerprint density at radius 1 is 1.32 bits per heavy atom. The number of amides is 1. The van der Waals surface area contributed by atoms with Crippen molar-refractivity contribution in [3.8, 4) is 0 Å². The van der Waals surface area contributed by atoms with E-state index >= 15 is 0 Å². The van der Waals surface area contributed by atoms with Gasteiger partial charge < -0.3 is 4.90 Å². The molecule has 2 aromatic rings. The van der Waals surface area contributed by atoms with Crippen molar-refractivity contribution < 1.29 is 4.79 Å². The molecule has 0 N–H and O–H groups in total. The van der Waals surface area contributed by atoms with E-state index in [9.17, 15) is 4.79 Å². The standard InChI is InChI=1S/C16H16N2O/c1-11-9-14(7-8-17-11)16(19)18-12(2)10-13-5-3-4-6-15(13)18/h3-9,12H,10H2,1-2H3. The summed E-state index contributed by atoms with van der Waals surface area (Å²) in [6.45, 7) is 3.99. The highest BCUT2D eigenvalue weighted by molar-refractivity contribution is 6.07. The van der Waals surface area contributed by atoms with Gasteiger partial charge in [-0.3, -0.25) is 9.78 Å². The number of hydrogen-bond acceptors (Lipinski definition) is 2. The number of anilines is 1. The highest BCUT2D eigenvalue weighted by atomic mass is 16.2. The summed E-state index contributed by atoms with van der Waals surface area (Å²) in [5.74, 6) is 0.0583. The molecule has 1 amide bonds. The zero-order chi connectivity index (χ0) is 13.4. The van der Waals surface area contributed by atoms with Gasteiger partial charge >= 0.3 is 0 Å². The third-order valence-corrected chi connectivity index (χ3v) is 3.57. The zero-order valence-electron chi connectivity index (χ0n) is 11.1. The van der Waals surface area contributed by atoms with E-state index in [4.69, 9.17) is 0 Å². The molecule has 1 atom stereocenters. The van der Waals surface area contributed by atoms with Gasteiger partial charge in [-0.1, -0.05) is 18.2 Å². The van der Waals surface area contributed by atoms with Crippen molar-refractivity contribution in [1.82, 2.24) is 4.98 Å². The van der Waals surface area contributed by atoms with Crippen LogP contribution in [-0.2, 0) is 6.42 Å². The normalized spacial score (nSPS) is 17.4. The first-order valence-electron chi connectivity index (χ1n) is 6.51. The van der Waals surface area contributed by atoms with Crippen LogP contribution in [0.4, 0.5) is 5.69 Å². The number of aryl methyl sites for hydroxylation is 1. The molecule has 0 radical (unpaired) electrons. The van der Waals surface area contributed by atoms with E-state index in [0.29, 0.717) is 5.56 Å². The lowest BCUT2D eigenvalue weighted by atomic mass is 10.1. The van der Waals surface area contributed by atoms with E-state index < -0.39 is 0 Å². The minimum absolute atomic E-state index is 0.0583. The molecule has 1 aliphatic heterocycles. The Labute approximate surface area is 112 Å². The average molecular weight is 252 g/mol. The summed E-state index contributed by atoms with van der Waals surface area (Å²) in [6.07, 6.45) is 2.61. The quantitative estimate of drug-likeness (QED) is 0.781. The molecule has 3 rings (SSSR count). The van der Waals surface area contributed by atoms with Crippen LogP contribution in [0.5, 0.6) is 0 Å². The molecule has 0 fully saturated rings. The number of nitrogens with zero attached hydrogens (tertiary/aromatic N) is 2. The van der Waals surface area contributed by atoms with Crippen LogP contribution >= 0.6 is 0 Å². The molecule has 2 heterocycles. The third-order valence-electron chi connectivity index (χ3n) is 3.57. The van der Waals surface area contributed by atoms with E-state index in [1.807, 2.05) is 36.1 Å². The van der Waals surface area contributed by atoms with Gasteiger partial charge in [0.2, 0.25) is 0 Å². The van der Waals surface area contributed by atoms with Gasteiger partial charge in [0, 0.05) is 29.2 Å². The van der Waals surface area contributed by atoms with Crippen molar-refractivity contribution >= 4 is 11.6 Å². The third kappa shape index (κ3) is 2.01. The SMILES string of the molecule is Cc1cc(C(=O)N2c3ccccc3CC2C)ccn1. The molecule has 19 heavy (non-hydrogen) atoms. The Bertz CT molecular complexity index is 636. The maximum Gasteiger partial charge on any atom is 0.258 e. The summed E-state index contributed by atoms with van der Waals surface area (Å²) >= 11 is 0. The Balaban J connectivity index is 2.01. The van der Waals surface area contributed by atoms with Gasteiger partial charge in [0.15, 0.2) is 0 Å². The van der Waals surface area contributed by atoms with Crippen LogP contribution in [0.15, 0.2) is 42.6 Å². The van der Waals surface area contributed by atoms with Gasteiger partial charge in [0.25, 0.3) is 5.91 Å². The van der Waals surface area contributed by atoms with Crippen molar-refractivity contribution in [2.45, 2.75) is 26.3 Å². The van der Waals surface area contributed by atoms with Crippen LogP contribution < -0.4 is 4.90 Å². The smallest absolute Gasteiger partial charge is 0.258 e. The number of hydrogen-bond donors (Lipinski definition) is 0. The second kappa shape index (κ2) is 4.50. The second-order valence-electron chi connectivity index (χ2n) is 5.04. The van der Waals surface area contributed by atoms with Crippen molar-refractivity contribution in [2.24, 2.45) is 0 Å². The van der Waals surface area contributed by atoms with E-state index in [1.165, 1.54) is 5.56 Å². The van der Waals surface area contributed by atoms with Crippen LogP contribution in [0.1, 0.15) is 28.5 Å². The van der Waals surface area contributed by atoms with Crippen LogP contribution in [0, 0.1) is 6.92 Å². The number of carbonyl (C=O) groups excluding carboxylic acids is 1. The molecule has 0 aliphatic carbocycles. The van der Waals surface area contributed by atoms with Crippen LogP contribution in [0.2, 0.25) is 0 Å². The first kappa shape index (κ1) is 11.9. The van der Waals surface area contributed by atoms with Gasteiger partial charge in [-0.2, -0.15) is 0 Å². The molecular weight excluding hydrogens is 236 g/mol. The predicted octanol–water partition coefficient (Wildman–Crippen LogP) is 2.98.